The average Bonchev–Trinajstić information content (AvgIpc) is 2.80. The second-order valence-electron chi connectivity index (χ2n) is 3.38. The van der Waals surface area contributed by atoms with Crippen molar-refractivity contribution in [3.05, 3.63) is 30.1 Å². The number of pyridine rings is 1. The van der Waals surface area contributed by atoms with Crippen molar-refractivity contribution in [3.8, 4) is 11.6 Å². The first kappa shape index (κ1) is 12.2. The Labute approximate surface area is 101 Å². The molecule has 2 aromatic heterocycles. The summed E-state index contributed by atoms with van der Waals surface area (Å²) in [5.74, 6) is 2.86. The summed E-state index contributed by atoms with van der Waals surface area (Å²) in [7, 11) is 0. The van der Waals surface area contributed by atoms with E-state index in [0.29, 0.717) is 18.4 Å². The van der Waals surface area contributed by atoms with Gasteiger partial charge in [0, 0.05) is 12.6 Å². The summed E-state index contributed by atoms with van der Waals surface area (Å²) in [5, 5.41) is 3.95. The number of nitrogen functional groups attached to an aromatic ring is 1. The molecule has 18 heavy (non-hydrogen) atoms. The van der Waals surface area contributed by atoms with Gasteiger partial charge in [0.25, 0.3) is 5.88 Å². The van der Waals surface area contributed by atoms with Crippen molar-refractivity contribution < 1.29 is 13.5 Å². The van der Waals surface area contributed by atoms with E-state index in [9.17, 15) is 8.78 Å². The van der Waals surface area contributed by atoms with Crippen LogP contribution in [0.25, 0.3) is 0 Å². The summed E-state index contributed by atoms with van der Waals surface area (Å²) in [5.41, 5.74) is 2.01. The summed E-state index contributed by atoms with van der Waals surface area (Å²) >= 11 is 0. The molecule has 0 saturated heterocycles. The highest BCUT2D eigenvalue weighted by Crippen LogP contribution is 2.25. The lowest BCUT2D eigenvalue weighted by atomic mass is 10.4. The van der Waals surface area contributed by atoms with E-state index < -0.39 is 11.6 Å². The molecule has 96 valence electrons. The van der Waals surface area contributed by atoms with Gasteiger partial charge in [-0.2, -0.15) is 10.1 Å². The molecule has 0 bridgehead atoms. The number of hydrogen-bond donors (Lipinski definition) is 2. The Morgan fingerprint density at radius 2 is 2.22 bits per heavy atom. The third kappa shape index (κ3) is 2.38. The summed E-state index contributed by atoms with van der Waals surface area (Å²) in [6, 6.07) is 0.641. The average molecular weight is 255 g/mol. The molecule has 2 heterocycles. The maximum absolute atomic E-state index is 13.4. The topological polar surface area (TPSA) is 78.0 Å². The molecule has 0 aromatic carbocycles. The van der Waals surface area contributed by atoms with Crippen molar-refractivity contribution in [1.29, 1.82) is 0 Å². The van der Waals surface area contributed by atoms with Gasteiger partial charge in [0.1, 0.15) is 0 Å². The Hall–Kier alpha value is -2.22. The standard InChI is InChI=1S/C10H11F2N5O/c1-2-17-5-6(4-14-17)18-10-8(12)3-7(11)9(15-10)16-13/h3-5H,2,13H2,1H3,(H,15,16). The van der Waals surface area contributed by atoms with Crippen LogP contribution < -0.4 is 16.0 Å². The SMILES string of the molecule is CCn1cc(Oc2nc(NN)c(F)cc2F)cn1. The van der Waals surface area contributed by atoms with Crippen LogP contribution >= 0.6 is 0 Å². The van der Waals surface area contributed by atoms with E-state index in [1.807, 2.05) is 12.3 Å². The second kappa shape index (κ2) is 4.96. The molecule has 0 atom stereocenters. The number of aromatic nitrogens is 3. The fourth-order valence-corrected chi connectivity index (χ4v) is 1.30. The number of aryl methyl sites for hydroxylation is 1. The molecule has 2 rings (SSSR count). The minimum Gasteiger partial charge on any atom is -0.433 e. The van der Waals surface area contributed by atoms with Crippen molar-refractivity contribution in [3.63, 3.8) is 0 Å². The van der Waals surface area contributed by atoms with E-state index in [1.165, 1.54) is 6.20 Å². The third-order valence-corrected chi connectivity index (χ3v) is 2.18. The lowest BCUT2D eigenvalue weighted by Gasteiger charge is -2.06. The number of nitrogens with one attached hydrogen (secondary N) is 1. The van der Waals surface area contributed by atoms with Crippen LogP contribution in [0.3, 0.4) is 0 Å². The zero-order chi connectivity index (χ0) is 13.1. The van der Waals surface area contributed by atoms with E-state index in [2.05, 4.69) is 10.1 Å². The predicted molar refractivity (Wildman–Crippen MR) is 59.9 cm³/mol. The zero-order valence-corrected chi connectivity index (χ0v) is 9.52. The number of hydrogen-bond acceptors (Lipinski definition) is 5. The number of ether oxygens (including phenoxy) is 1. The quantitative estimate of drug-likeness (QED) is 0.641. The maximum Gasteiger partial charge on any atom is 0.258 e. The first-order valence-corrected chi connectivity index (χ1v) is 5.17. The number of nitrogens with zero attached hydrogens (tertiary/aromatic N) is 3. The van der Waals surface area contributed by atoms with Crippen LogP contribution in [0.1, 0.15) is 6.92 Å². The molecule has 0 radical (unpaired) electrons. The minimum absolute atomic E-state index is 0.297. The fraction of sp³-hybridized carbons (Fsp3) is 0.200. The molecule has 8 heteroatoms. The van der Waals surface area contributed by atoms with Gasteiger partial charge in [0.15, 0.2) is 23.2 Å². The lowest BCUT2D eigenvalue weighted by Crippen LogP contribution is -2.11. The van der Waals surface area contributed by atoms with Gasteiger partial charge >= 0.3 is 0 Å². The van der Waals surface area contributed by atoms with E-state index >= 15 is 0 Å². The van der Waals surface area contributed by atoms with Gasteiger partial charge in [0.05, 0.1) is 12.4 Å². The van der Waals surface area contributed by atoms with Crippen LogP contribution in [0, 0.1) is 11.6 Å². The Morgan fingerprint density at radius 3 is 2.83 bits per heavy atom. The highest BCUT2D eigenvalue weighted by molar-refractivity contribution is 5.39. The molecular formula is C10H11F2N5O. The van der Waals surface area contributed by atoms with Gasteiger partial charge < -0.3 is 10.2 Å². The predicted octanol–water partition coefficient (Wildman–Crippen LogP) is 1.65. The molecule has 6 nitrogen and oxygen atoms in total. The molecule has 2 aromatic rings. The monoisotopic (exact) mass is 255 g/mol. The normalized spacial score (nSPS) is 10.4. The highest BCUT2D eigenvalue weighted by atomic mass is 19.1. The van der Waals surface area contributed by atoms with Crippen LogP contribution in [0.2, 0.25) is 0 Å². The Morgan fingerprint density at radius 1 is 1.44 bits per heavy atom. The minimum atomic E-state index is -0.921. The van der Waals surface area contributed by atoms with Crippen LogP contribution in [-0.2, 0) is 6.54 Å². The zero-order valence-electron chi connectivity index (χ0n) is 9.52. The van der Waals surface area contributed by atoms with Gasteiger partial charge in [-0.25, -0.2) is 14.6 Å². The van der Waals surface area contributed by atoms with Crippen molar-refractivity contribution >= 4 is 5.82 Å². The van der Waals surface area contributed by atoms with Crippen LogP contribution in [-0.4, -0.2) is 14.8 Å². The molecule has 0 saturated carbocycles. The molecular weight excluding hydrogens is 244 g/mol. The number of anilines is 1. The summed E-state index contributed by atoms with van der Waals surface area (Å²) in [4.78, 5) is 3.58. The Bertz CT molecular complexity index is 557. The van der Waals surface area contributed by atoms with Crippen molar-refractivity contribution in [1.82, 2.24) is 14.8 Å². The summed E-state index contributed by atoms with van der Waals surface area (Å²) in [6.45, 7) is 2.54. The highest BCUT2D eigenvalue weighted by Gasteiger charge is 2.13. The van der Waals surface area contributed by atoms with Crippen molar-refractivity contribution in [2.24, 2.45) is 5.84 Å². The van der Waals surface area contributed by atoms with Crippen molar-refractivity contribution in [2.45, 2.75) is 13.5 Å². The molecule has 0 aliphatic heterocycles. The third-order valence-electron chi connectivity index (χ3n) is 2.18. The number of nitrogens with two attached hydrogens (primary N) is 1. The van der Waals surface area contributed by atoms with Gasteiger partial charge in [-0.05, 0) is 6.92 Å². The molecule has 0 aliphatic carbocycles. The number of halogens is 2. The first-order chi connectivity index (χ1) is 8.63. The second-order valence-corrected chi connectivity index (χ2v) is 3.38. The van der Waals surface area contributed by atoms with E-state index in [0.717, 1.165) is 0 Å². The number of rotatable bonds is 4. The molecule has 0 spiro atoms. The molecule has 0 aliphatic rings. The van der Waals surface area contributed by atoms with Gasteiger partial charge in [-0.3, -0.25) is 4.68 Å². The van der Waals surface area contributed by atoms with E-state index in [4.69, 9.17) is 10.6 Å². The van der Waals surface area contributed by atoms with Gasteiger partial charge in [-0.1, -0.05) is 0 Å². The van der Waals surface area contributed by atoms with Crippen molar-refractivity contribution in [2.75, 3.05) is 5.43 Å². The fourth-order valence-electron chi connectivity index (χ4n) is 1.30. The largest absolute Gasteiger partial charge is 0.433 e. The van der Waals surface area contributed by atoms with E-state index in [-0.39, 0.29) is 11.7 Å². The van der Waals surface area contributed by atoms with E-state index in [1.54, 1.807) is 10.9 Å². The summed E-state index contributed by atoms with van der Waals surface area (Å²) in [6.07, 6.45) is 2.98. The Kier molecular flexibility index (Phi) is 3.38. The smallest absolute Gasteiger partial charge is 0.258 e. The lowest BCUT2D eigenvalue weighted by molar-refractivity contribution is 0.417. The number of hydrazine groups is 1. The molecule has 0 unspecified atom stereocenters. The molecule has 0 amide bonds. The molecule has 0 fully saturated rings. The maximum atomic E-state index is 13.4. The van der Waals surface area contributed by atoms with Gasteiger partial charge in [-0.15, -0.1) is 0 Å². The van der Waals surface area contributed by atoms with Crippen LogP contribution in [0.4, 0.5) is 14.6 Å². The first-order valence-electron chi connectivity index (χ1n) is 5.17. The Balaban J connectivity index is 2.28. The van der Waals surface area contributed by atoms with Crippen LogP contribution in [0.5, 0.6) is 11.6 Å². The van der Waals surface area contributed by atoms with Crippen LogP contribution in [0.15, 0.2) is 18.5 Å². The summed E-state index contributed by atoms with van der Waals surface area (Å²) < 4.78 is 33.3. The van der Waals surface area contributed by atoms with Gasteiger partial charge in [0.2, 0.25) is 0 Å². The molecule has 3 N–H and O–H groups in total.